The fraction of sp³-hybridized carbons (Fsp3) is 0.800. The lowest BCUT2D eigenvalue weighted by Gasteiger charge is -2.16. The van der Waals surface area contributed by atoms with Crippen molar-refractivity contribution in [2.75, 3.05) is 0 Å². The first-order valence-electron chi connectivity index (χ1n) is 5.37. The summed E-state index contributed by atoms with van der Waals surface area (Å²) in [6.07, 6.45) is 6.38. The summed E-state index contributed by atoms with van der Waals surface area (Å²) in [5, 5.41) is 8.11. The van der Waals surface area contributed by atoms with Gasteiger partial charge in [-0.05, 0) is 35.2 Å². The van der Waals surface area contributed by atoms with Crippen molar-refractivity contribution in [3.8, 4) is 0 Å². The second-order valence-electron chi connectivity index (χ2n) is 4.20. The van der Waals surface area contributed by atoms with Gasteiger partial charge in [0.2, 0.25) is 0 Å². The quantitative estimate of drug-likeness (QED) is 0.581. The van der Waals surface area contributed by atoms with E-state index in [1.54, 1.807) is 0 Å². The molecule has 2 rings (SSSR count). The number of nitrogens with zero attached hydrogens (tertiary/aromatic N) is 3. The topological polar surface area (TPSA) is 30.7 Å². The van der Waals surface area contributed by atoms with Crippen molar-refractivity contribution in [3.05, 3.63) is 10.3 Å². The molecule has 0 N–H and O–H groups in total. The first kappa shape index (κ1) is 11.6. The van der Waals surface area contributed by atoms with Crippen LogP contribution in [0.1, 0.15) is 43.7 Å². The Balaban J connectivity index is 2.21. The van der Waals surface area contributed by atoms with E-state index in [1.807, 2.05) is 11.7 Å². The van der Waals surface area contributed by atoms with Crippen LogP contribution in [0.4, 0.5) is 0 Å². The van der Waals surface area contributed by atoms with Crippen molar-refractivity contribution in [1.82, 2.24) is 15.0 Å². The van der Waals surface area contributed by atoms with Crippen LogP contribution in [0.25, 0.3) is 0 Å². The second kappa shape index (κ2) is 4.95. The molecule has 0 aromatic carbocycles. The van der Waals surface area contributed by atoms with Crippen molar-refractivity contribution >= 4 is 31.9 Å². The van der Waals surface area contributed by atoms with Crippen LogP contribution in [0, 0.1) is 0 Å². The van der Waals surface area contributed by atoms with Gasteiger partial charge in [-0.2, -0.15) is 0 Å². The molecular weight excluding hydrogens is 322 g/mol. The van der Waals surface area contributed by atoms with Crippen LogP contribution in [0.15, 0.2) is 4.60 Å². The van der Waals surface area contributed by atoms with Crippen molar-refractivity contribution < 1.29 is 0 Å². The molecule has 2 unspecified atom stereocenters. The fourth-order valence-electron chi connectivity index (χ4n) is 2.32. The van der Waals surface area contributed by atoms with E-state index in [0.29, 0.717) is 10.7 Å². The van der Waals surface area contributed by atoms with E-state index in [9.17, 15) is 0 Å². The summed E-state index contributed by atoms with van der Waals surface area (Å²) in [6.45, 7) is 0. The monoisotopic (exact) mass is 335 g/mol. The largest absolute Gasteiger partial charge is 0.251 e. The van der Waals surface area contributed by atoms with Gasteiger partial charge in [0.15, 0.2) is 4.60 Å². The third kappa shape index (κ3) is 2.61. The number of aryl methyl sites for hydroxylation is 1. The predicted octanol–water partition coefficient (Wildman–Crippen LogP) is 3.39. The van der Waals surface area contributed by atoms with Crippen molar-refractivity contribution in [3.63, 3.8) is 0 Å². The third-order valence-electron chi connectivity index (χ3n) is 3.07. The molecule has 0 spiro atoms. The molecule has 84 valence electrons. The van der Waals surface area contributed by atoms with Crippen LogP contribution in [0.2, 0.25) is 0 Å². The van der Waals surface area contributed by atoms with Gasteiger partial charge in [-0.15, -0.1) is 5.10 Å². The van der Waals surface area contributed by atoms with Gasteiger partial charge in [-0.25, -0.2) is 0 Å². The van der Waals surface area contributed by atoms with Crippen molar-refractivity contribution in [2.24, 2.45) is 7.05 Å². The number of halogens is 2. The van der Waals surface area contributed by atoms with Crippen LogP contribution in [-0.4, -0.2) is 19.8 Å². The highest BCUT2D eigenvalue weighted by molar-refractivity contribution is 9.10. The number of rotatable bonds is 1. The average molecular weight is 337 g/mol. The summed E-state index contributed by atoms with van der Waals surface area (Å²) in [5.74, 6) is 0.589. The van der Waals surface area contributed by atoms with E-state index < -0.39 is 0 Å². The summed E-state index contributed by atoms with van der Waals surface area (Å²) in [7, 11) is 1.97. The minimum Gasteiger partial charge on any atom is -0.251 e. The number of aromatic nitrogens is 3. The molecule has 1 aliphatic rings. The maximum atomic E-state index is 4.06. The number of hydrogen-bond acceptors (Lipinski definition) is 2. The first-order valence-corrected chi connectivity index (χ1v) is 7.08. The summed E-state index contributed by atoms with van der Waals surface area (Å²) in [4.78, 5) is 0.645. The van der Waals surface area contributed by atoms with E-state index >= 15 is 0 Å². The summed E-state index contributed by atoms with van der Waals surface area (Å²) < 4.78 is 2.82. The minimum atomic E-state index is 0.589. The Labute approximate surface area is 107 Å². The molecule has 1 aromatic heterocycles. The van der Waals surface area contributed by atoms with Gasteiger partial charge < -0.3 is 0 Å². The number of hydrogen-bond donors (Lipinski definition) is 0. The summed E-state index contributed by atoms with van der Waals surface area (Å²) in [5.41, 5.74) is 1.25. The van der Waals surface area contributed by atoms with Gasteiger partial charge in [0.25, 0.3) is 0 Å². The van der Waals surface area contributed by atoms with Crippen LogP contribution in [0.3, 0.4) is 0 Å². The molecule has 3 nitrogen and oxygen atoms in total. The molecule has 1 heterocycles. The fourth-order valence-corrected chi connectivity index (χ4v) is 3.75. The summed E-state index contributed by atoms with van der Waals surface area (Å²) in [6, 6.07) is 0. The zero-order chi connectivity index (χ0) is 10.8. The molecule has 5 heteroatoms. The molecule has 1 fully saturated rings. The van der Waals surface area contributed by atoms with Crippen molar-refractivity contribution in [1.29, 1.82) is 0 Å². The Morgan fingerprint density at radius 2 is 2.07 bits per heavy atom. The normalized spacial score (nSPS) is 27.7. The van der Waals surface area contributed by atoms with Crippen LogP contribution >= 0.6 is 31.9 Å². The lowest BCUT2D eigenvalue weighted by atomic mass is 9.97. The standard InChI is InChI=1S/C10H15Br2N3/c1-15-9(10(12)13-14-15)7-4-2-3-5-8(11)6-7/h7-8H,2-6H2,1H3. The lowest BCUT2D eigenvalue weighted by Crippen LogP contribution is -2.09. The molecule has 1 saturated carbocycles. The van der Waals surface area contributed by atoms with Gasteiger partial charge >= 0.3 is 0 Å². The molecule has 0 amide bonds. The SMILES string of the molecule is Cn1nnc(Br)c1C1CCCCC(Br)C1. The molecular formula is C10H15Br2N3. The van der Waals surface area contributed by atoms with Crippen LogP contribution in [0.5, 0.6) is 0 Å². The highest BCUT2D eigenvalue weighted by Gasteiger charge is 2.24. The molecule has 1 aliphatic carbocycles. The molecule has 0 radical (unpaired) electrons. The highest BCUT2D eigenvalue weighted by atomic mass is 79.9. The molecule has 0 bridgehead atoms. The van der Waals surface area contributed by atoms with Gasteiger partial charge in [0.1, 0.15) is 0 Å². The zero-order valence-corrected chi connectivity index (χ0v) is 12.0. The second-order valence-corrected chi connectivity index (χ2v) is 6.25. The molecule has 2 atom stereocenters. The molecule has 1 aromatic rings. The first-order chi connectivity index (χ1) is 7.18. The average Bonchev–Trinajstić information content (AvgIpc) is 2.40. The molecule has 15 heavy (non-hydrogen) atoms. The Morgan fingerprint density at radius 1 is 1.33 bits per heavy atom. The summed E-state index contributed by atoms with van der Waals surface area (Å²) >= 11 is 7.24. The van der Waals surface area contributed by atoms with Gasteiger partial charge in [-0.3, -0.25) is 4.68 Å². The molecule has 0 saturated heterocycles. The maximum absolute atomic E-state index is 4.06. The zero-order valence-electron chi connectivity index (χ0n) is 8.79. The number of alkyl halides is 1. The Bertz CT molecular complexity index is 318. The van der Waals surface area contributed by atoms with E-state index in [0.717, 1.165) is 4.60 Å². The van der Waals surface area contributed by atoms with Gasteiger partial charge in [0, 0.05) is 17.8 Å². The Hall–Kier alpha value is 0.1000. The van der Waals surface area contributed by atoms with Gasteiger partial charge in [0.05, 0.1) is 5.69 Å². The Kier molecular flexibility index (Phi) is 3.83. The smallest absolute Gasteiger partial charge is 0.151 e. The minimum absolute atomic E-state index is 0.589. The van der Waals surface area contributed by atoms with Crippen molar-refractivity contribution in [2.45, 2.75) is 42.8 Å². The van der Waals surface area contributed by atoms with E-state index in [2.05, 4.69) is 42.2 Å². The van der Waals surface area contributed by atoms with Crippen LogP contribution < -0.4 is 0 Å². The van der Waals surface area contributed by atoms with Gasteiger partial charge in [-0.1, -0.05) is 34.0 Å². The van der Waals surface area contributed by atoms with Crippen LogP contribution in [-0.2, 0) is 7.05 Å². The predicted molar refractivity (Wildman–Crippen MR) is 67.2 cm³/mol. The molecule has 0 aliphatic heterocycles. The van der Waals surface area contributed by atoms with E-state index in [-0.39, 0.29) is 0 Å². The Morgan fingerprint density at radius 3 is 2.73 bits per heavy atom. The third-order valence-corrected chi connectivity index (χ3v) is 4.47. The maximum Gasteiger partial charge on any atom is 0.151 e. The lowest BCUT2D eigenvalue weighted by molar-refractivity contribution is 0.542. The highest BCUT2D eigenvalue weighted by Crippen LogP contribution is 2.36. The van der Waals surface area contributed by atoms with E-state index in [1.165, 1.54) is 37.8 Å². The van der Waals surface area contributed by atoms with E-state index in [4.69, 9.17) is 0 Å².